The Labute approximate surface area is 105 Å². The van der Waals surface area contributed by atoms with Crippen LogP contribution in [0, 0.1) is 11.3 Å². The van der Waals surface area contributed by atoms with E-state index in [9.17, 15) is 22.8 Å². The highest BCUT2D eigenvalue weighted by molar-refractivity contribution is 5.95. The molecule has 0 heterocycles. The van der Waals surface area contributed by atoms with E-state index in [1.807, 2.05) is 0 Å². The van der Waals surface area contributed by atoms with Gasteiger partial charge in [0.05, 0.1) is 18.7 Å². The first kappa shape index (κ1) is 14.5. The molecule has 19 heavy (non-hydrogen) atoms. The zero-order valence-corrected chi connectivity index (χ0v) is 9.45. The smallest absolute Gasteiger partial charge is 0.465 e. The number of alkyl halides is 3. The van der Waals surface area contributed by atoms with E-state index in [0.29, 0.717) is 6.07 Å². The molecule has 0 aliphatic heterocycles. The van der Waals surface area contributed by atoms with Crippen molar-refractivity contribution >= 4 is 12.3 Å². The standard InChI is InChI=1S/C11H6F3NO4/c1-18-10(17)8-2-6(4-15)7(5-16)3-9(8)19-11(12,13)14/h2-3,5H,1H3. The summed E-state index contributed by atoms with van der Waals surface area (Å²) in [6.45, 7) is 0. The van der Waals surface area contributed by atoms with Gasteiger partial charge in [-0.2, -0.15) is 5.26 Å². The lowest BCUT2D eigenvalue weighted by Crippen LogP contribution is -2.20. The maximum Gasteiger partial charge on any atom is 0.573 e. The van der Waals surface area contributed by atoms with Gasteiger partial charge in [-0.25, -0.2) is 4.79 Å². The third kappa shape index (κ3) is 3.45. The molecule has 0 atom stereocenters. The summed E-state index contributed by atoms with van der Waals surface area (Å²) in [4.78, 5) is 22.0. The molecule has 0 aromatic heterocycles. The van der Waals surface area contributed by atoms with E-state index in [4.69, 9.17) is 5.26 Å². The number of aldehydes is 1. The third-order valence-corrected chi connectivity index (χ3v) is 2.03. The molecular weight excluding hydrogens is 267 g/mol. The highest BCUT2D eigenvalue weighted by Gasteiger charge is 2.33. The lowest BCUT2D eigenvalue weighted by molar-refractivity contribution is -0.274. The maximum atomic E-state index is 12.2. The summed E-state index contributed by atoms with van der Waals surface area (Å²) in [7, 11) is 0.958. The monoisotopic (exact) mass is 273 g/mol. The number of ether oxygens (including phenoxy) is 2. The number of hydrogen-bond donors (Lipinski definition) is 0. The van der Waals surface area contributed by atoms with Gasteiger partial charge in [-0.3, -0.25) is 4.79 Å². The third-order valence-electron chi connectivity index (χ3n) is 2.03. The molecule has 0 aliphatic carbocycles. The summed E-state index contributed by atoms with van der Waals surface area (Å²) in [5.41, 5.74) is -1.18. The number of nitriles is 1. The minimum atomic E-state index is -5.04. The first-order chi connectivity index (χ1) is 8.82. The van der Waals surface area contributed by atoms with Crippen LogP contribution in [0.1, 0.15) is 26.3 Å². The van der Waals surface area contributed by atoms with Gasteiger partial charge in [-0.1, -0.05) is 0 Å². The molecule has 0 bridgehead atoms. The van der Waals surface area contributed by atoms with Gasteiger partial charge in [-0.15, -0.1) is 13.2 Å². The first-order valence-corrected chi connectivity index (χ1v) is 4.69. The Morgan fingerprint density at radius 3 is 2.47 bits per heavy atom. The van der Waals surface area contributed by atoms with Gasteiger partial charge in [0, 0.05) is 5.56 Å². The molecule has 0 N–H and O–H groups in total. The van der Waals surface area contributed by atoms with E-state index < -0.39 is 23.6 Å². The molecular formula is C11H6F3NO4. The highest BCUT2D eigenvalue weighted by Crippen LogP contribution is 2.29. The van der Waals surface area contributed by atoms with E-state index >= 15 is 0 Å². The quantitative estimate of drug-likeness (QED) is 0.622. The first-order valence-electron chi connectivity index (χ1n) is 4.69. The molecule has 1 aromatic carbocycles. The van der Waals surface area contributed by atoms with Crippen molar-refractivity contribution in [3.05, 3.63) is 28.8 Å². The van der Waals surface area contributed by atoms with Crippen molar-refractivity contribution in [2.45, 2.75) is 6.36 Å². The second-order valence-electron chi connectivity index (χ2n) is 3.20. The summed E-state index contributed by atoms with van der Waals surface area (Å²) >= 11 is 0. The average molecular weight is 273 g/mol. The van der Waals surface area contributed by atoms with Crippen molar-refractivity contribution in [2.24, 2.45) is 0 Å². The van der Waals surface area contributed by atoms with Crippen LogP contribution in [0.3, 0.4) is 0 Å². The van der Waals surface area contributed by atoms with Gasteiger partial charge in [0.15, 0.2) is 6.29 Å². The van der Waals surface area contributed by atoms with Crippen LogP contribution < -0.4 is 4.74 Å². The Morgan fingerprint density at radius 1 is 1.42 bits per heavy atom. The molecule has 8 heteroatoms. The van der Waals surface area contributed by atoms with Gasteiger partial charge in [0.2, 0.25) is 0 Å². The molecule has 0 spiro atoms. The molecule has 0 aliphatic rings. The predicted molar refractivity (Wildman–Crippen MR) is 54.6 cm³/mol. The fourth-order valence-electron chi connectivity index (χ4n) is 1.27. The Bertz CT molecular complexity index is 560. The number of nitrogens with zero attached hydrogens (tertiary/aromatic N) is 1. The van der Waals surface area contributed by atoms with Crippen LogP contribution in [0.15, 0.2) is 12.1 Å². The van der Waals surface area contributed by atoms with Crippen molar-refractivity contribution in [3.63, 3.8) is 0 Å². The highest BCUT2D eigenvalue weighted by atomic mass is 19.4. The molecule has 1 rings (SSSR count). The molecule has 0 fully saturated rings. The van der Waals surface area contributed by atoms with E-state index in [-0.39, 0.29) is 17.4 Å². The Balaban J connectivity index is 3.45. The van der Waals surface area contributed by atoms with E-state index in [1.54, 1.807) is 6.07 Å². The number of carbonyl (C=O) groups excluding carboxylic acids is 2. The van der Waals surface area contributed by atoms with Crippen molar-refractivity contribution in [1.29, 1.82) is 5.26 Å². The predicted octanol–water partition coefficient (Wildman–Crippen LogP) is 2.06. The Kier molecular flexibility index (Phi) is 4.11. The summed E-state index contributed by atoms with van der Waals surface area (Å²) in [5.74, 6) is -2.02. The summed E-state index contributed by atoms with van der Waals surface area (Å²) in [6.07, 6.45) is -4.86. The normalized spacial score (nSPS) is 10.5. The number of benzene rings is 1. The van der Waals surface area contributed by atoms with Crippen molar-refractivity contribution in [2.75, 3.05) is 7.11 Å². The fourth-order valence-corrected chi connectivity index (χ4v) is 1.27. The van der Waals surface area contributed by atoms with Crippen LogP contribution in [0.4, 0.5) is 13.2 Å². The number of methoxy groups -OCH3 is 1. The lowest BCUT2D eigenvalue weighted by Gasteiger charge is -2.13. The van der Waals surface area contributed by atoms with Gasteiger partial charge < -0.3 is 9.47 Å². The largest absolute Gasteiger partial charge is 0.573 e. The molecule has 0 saturated carbocycles. The molecule has 0 amide bonds. The van der Waals surface area contributed by atoms with Crippen LogP contribution in [-0.4, -0.2) is 25.7 Å². The minimum absolute atomic E-state index is 0.183. The number of rotatable bonds is 3. The van der Waals surface area contributed by atoms with Crippen molar-refractivity contribution in [1.82, 2.24) is 0 Å². The van der Waals surface area contributed by atoms with Crippen LogP contribution in [0.2, 0.25) is 0 Å². The van der Waals surface area contributed by atoms with Gasteiger partial charge in [0.25, 0.3) is 0 Å². The SMILES string of the molecule is COC(=O)c1cc(C#N)c(C=O)cc1OC(F)(F)F. The number of carbonyl (C=O) groups is 2. The van der Waals surface area contributed by atoms with Crippen LogP contribution in [-0.2, 0) is 4.74 Å². The van der Waals surface area contributed by atoms with E-state index in [0.717, 1.165) is 13.2 Å². The number of esters is 1. The second kappa shape index (κ2) is 5.39. The zero-order chi connectivity index (χ0) is 14.6. The molecule has 5 nitrogen and oxygen atoms in total. The molecule has 0 saturated heterocycles. The van der Waals surface area contributed by atoms with Crippen LogP contribution >= 0.6 is 0 Å². The van der Waals surface area contributed by atoms with E-state index in [2.05, 4.69) is 9.47 Å². The van der Waals surface area contributed by atoms with Gasteiger partial charge in [0.1, 0.15) is 11.3 Å². The summed E-state index contributed by atoms with van der Waals surface area (Å²) < 4.78 is 44.4. The Hall–Kier alpha value is -2.56. The fraction of sp³-hybridized carbons (Fsp3) is 0.182. The average Bonchev–Trinajstić information content (AvgIpc) is 2.35. The topological polar surface area (TPSA) is 76.4 Å². The lowest BCUT2D eigenvalue weighted by atomic mass is 10.0. The van der Waals surface area contributed by atoms with Gasteiger partial charge in [-0.05, 0) is 12.1 Å². The van der Waals surface area contributed by atoms with E-state index in [1.165, 1.54) is 0 Å². The summed E-state index contributed by atoms with van der Waals surface area (Å²) in [6, 6.07) is 3.04. The molecule has 0 unspecified atom stereocenters. The zero-order valence-electron chi connectivity index (χ0n) is 9.45. The number of hydrogen-bond acceptors (Lipinski definition) is 5. The maximum absolute atomic E-state index is 12.2. The molecule has 1 aromatic rings. The van der Waals surface area contributed by atoms with Crippen molar-refractivity contribution in [3.8, 4) is 11.8 Å². The molecule has 100 valence electrons. The van der Waals surface area contributed by atoms with Crippen LogP contribution in [0.25, 0.3) is 0 Å². The van der Waals surface area contributed by atoms with Gasteiger partial charge >= 0.3 is 12.3 Å². The Morgan fingerprint density at radius 2 is 2.05 bits per heavy atom. The van der Waals surface area contributed by atoms with Crippen molar-refractivity contribution < 1.29 is 32.2 Å². The summed E-state index contributed by atoms with van der Waals surface area (Å²) in [5, 5.41) is 8.73. The second-order valence-corrected chi connectivity index (χ2v) is 3.20. The number of halogens is 3. The van der Waals surface area contributed by atoms with Crippen LogP contribution in [0.5, 0.6) is 5.75 Å². The molecule has 0 radical (unpaired) electrons. The minimum Gasteiger partial charge on any atom is -0.465 e.